The van der Waals surface area contributed by atoms with E-state index in [1.165, 1.54) is 240 Å². The molecule has 18 nitrogen and oxygen atoms in total. The maximum atomic E-state index is 4.32. The van der Waals surface area contributed by atoms with Gasteiger partial charge in [-0.15, -0.1) is 11.3 Å². The van der Waals surface area contributed by atoms with Gasteiger partial charge >= 0.3 is 0 Å². The number of aryl methyl sites for hydroxylation is 1. The number of aliphatic imine (C=N–C) groups is 1. The van der Waals surface area contributed by atoms with E-state index in [0.717, 1.165) is 91.4 Å². The third kappa shape index (κ3) is 27.2. The van der Waals surface area contributed by atoms with Gasteiger partial charge in [-0.2, -0.15) is 0 Å². The summed E-state index contributed by atoms with van der Waals surface area (Å²) in [5, 5.41) is 0. The van der Waals surface area contributed by atoms with Crippen molar-refractivity contribution in [3.8, 4) is 0 Å². The van der Waals surface area contributed by atoms with Crippen molar-refractivity contribution in [3.63, 3.8) is 0 Å². The minimum absolute atomic E-state index is 0.993. The molecular formula is C103H144N18S. The van der Waals surface area contributed by atoms with Gasteiger partial charge in [0, 0.05) is 248 Å². The Hall–Kier alpha value is -8.67. The molecule has 0 spiro atoms. The topological polar surface area (TPSA) is 91.8 Å². The van der Waals surface area contributed by atoms with Crippen LogP contribution in [0.3, 0.4) is 0 Å². The number of anilines is 2. The summed E-state index contributed by atoms with van der Waals surface area (Å²) in [6.07, 6.45) is 40.0. The second kappa shape index (κ2) is 46.3. The van der Waals surface area contributed by atoms with Crippen molar-refractivity contribution in [3.05, 3.63) is 294 Å². The first-order valence-electron chi connectivity index (χ1n) is 45.5. The molecule has 16 aliphatic rings. The Labute approximate surface area is 737 Å². The summed E-state index contributed by atoms with van der Waals surface area (Å²) in [7, 11) is 26.0. The highest BCUT2D eigenvalue weighted by Gasteiger charge is 2.24. The number of thiazole rings is 1. The first kappa shape index (κ1) is 91.0. The van der Waals surface area contributed by atoms with Gasteiger partial charge in [-0.25, -0.2) is 9.97 Å². The van der Waals surface area contributed by atoms with Crippen LogP contribution in [0.4, 0.5) is 11.4 Å². The van der Waals surface area contributed by atoms with Crippen molar-refractivity contribution in [1.82, 2.24) is 72.7 Å². The smallest absolute Gasteiger partial charge is 0.122 e. The molecule has 8 aromatic rings. The number of nitrogens with zero attached hydrogens (tertiary/aromatic N) is 18. The minimum Gasteiger partial charge on any atom is -0.374 e. The SMILES string of the molecule is CN1CCC2=C(C=CC2)C1.CN1CCC2=C(CC=C2)C1.CN1CCC2=C(CC=N2)C1.CN1CCC2=CCC=C2C1.CN1CCCc2ccccc21.CN1CCc2ccccc21.CN1CCc2ccccc2C1.CN1CCc2scnc2C1.CN1CCn2cccc2C1.CN1CCn2cccc2C1.CN1CCn2ccnc2C1.CN1Cc2ccccc2C1. The van der Waals surface area contributed by atoms with Crippen LogP contribution in [0.2, 0.25) is 0 Å². The predicted molar refractivity (Wildman–Crippen MR) is 513 cm³/mol. The van der Waals surface area contributed by atoms with E-state index in [1.807, 2.05) is 24.1 Å². The number of fused-ring (bicyclic) bond motifs is 9. The van der Waals surface area contributed by atoms with Crippen molar-refractivity contribution >= 4 is 28.9 Å². The van der Waals surface area contributed by atoms with Gasteiger partial charge in [0.25, 0.3) is 0 Å². The third-order valence-electron chi connectivity index (χ3n) is 26.0. The molecule has 19 heteroatoms. The summed E-state index contributed by atoms with van der Waals surface area (Å²) in [5.41, 5.74) is 30.5. The summed E-state index contributed by atoms with van der Waals surface area (Å²) in [6.45, 7) is 28.9. The summed E-state index contributed by atoms with van der Waals surface area (Å²) in [4.78, 5) is 42.4. The number of allylic oxidation sites excluding steroid dienone is 5. The van der Waals surface area contributed by atoms with Crippen molar-refractivity contribution in [1.29, 1.82) is 0 Å². The lowest BCUT2D eigenvalue weighted by molar-refractivity contribution is 0.264. The van der Waals surface area contributed by atoms with Crippen LogP contribution in [-0.2, 0) is 91.1 Å². The zero-order valence-corrected chi connectivity index (χ0v) is 77.1. The normalized spacial score (nSPS) is 20.4. The Morgan fingerprint density at radius 3 is 1.51 bits per heavy atom. The molecule has 24 rings (SSSR count). The number of likely N-dealkylation sites (N-methyl/N-ethyl adjacent to an activating group) is 10. The molecule has 0 atom stereocenters. The van der Waals surface area contributed by atoms with Crippen LogP contribution < -0.4 is 9.80 Å². The number of hydrogen-bond acceptors (Lipinski definition) is 16. The molecule has 3 aliphatic carbocycles. The quantitative estimate of drug-likeness (QED) is 0.144. The van der Waals surface area contributed by atoms with Gasteiger partial charge in [0.15, 0.2) is 0 Å². The number of hydrogen-bond donors (Lipinski definition) is 0. The van der Waals surface area contributed by atoms with Gasteiger partial charge in [-0.1, -0.05) is 127 Å². The van der Waals surface area contributed by atoms with Crippen LogP contribution in [0, 0.1) is 0 Å². The van der Waals surface area contributed by atoms with E-state index >= 15 is 0 Å². The first-order chi connectivity index (χ1) is 59.4. The molecular weight excluding hydrogens is 1520 g/mol. The number of aromatic nitrogens is 5. The zero-order valence-electron chi connectivity index (χ0n) is 76.3. The fraction of sp³-hybridized carbons (Fsp3) is 0.485. The van der Waals surface area contributed by atoms with E-state index in [9.17, 15) is 0 Å². The number of para-hydroxylation sites is 2. The van der Waals surface area contributed by atoms with Gasteiger partial charge in [0.2, 0.25) is 0 Å². The standard InChI is InChI=1S/2C10H13N.3C9H13N.2C9H11N.3C8H12N2.C7H11N3.C7H10N2S/c1-11-8-4-6-9-5-2-3-7-10(9)11;1-11-7-6-9-4-2-3-5-10(9)8-11;3*1-10-6-5-8-3-2-4-9(8)7-10;1-10-6-8-4-2-3-5-9(8)7-10;1-10-7-6-8-4-2-3-5-9(8)10;1-10-5-3-8-7(6-10)2-4-9-8;2*1-9-5-6-10-4-2-3-8(10)7-9;1-9-4-5-10-3-2-8-7(10)6-9;1-9-3-2-7-6(4-9)8-5-10-7/h2-3,5,7H,4,6,8H2,1H3;2-5H,6-8H2,1H3;3-4H,2,5-7H2,1H3;2,4H,3,5-7H2,1H3;2-3H,4-7H2,1H3;2*2-5H,6-7H2,1H3;4H,2-3,5-6H2,1H3;2*2-4H,5-7H2,1H3;2-3H,4-6H2,1H3;5H,2-4H2,1H3. The highest BCUT2D eigenvalue weighted by molar-refractivity contribution is 7.09. The Kier molecular flexibility index (Phi) is 34.6. The molecule has 0 radical (unpaired) electrons. The van der Waals surface area contributed by atoms with Crippen molar-refractivity contribution in [2.75, 3.05) is 193 Å². The largest absolute Gasteiger partial charge is 0.374 e. The van der Waals surface area contributed by atoms with Crippen molar-refractivity contribution in [2.24, 2.45) is 4.99 Å². The van der Waals surface area contributed by atoms with Crippen LogP contribution in [-0.4, -0.2) is 262 Å². The fourth-order valence-electron chi connectivity index (χ4n) is 18.5. The van der Waals surface area contributed by atoms with Crippen LogP contribution in [0.15, 0.2) is 238 Å². The average Bonchev–Trinajstić information content (AvgIpc) is 1.12. The van der Waals surface area contributed by atoms with E-state index in [1.54, 1.807) is 44.8 Å². The first-order valence-corrected chi connectivity index (χ1v) is 46.4. The average molecular weight is 1670 g/mol. The number of piperidine rings is 1. The van der Waals surface area contributed by atoms with E-state index in [-0.39, 0.29) is 0 Å². The molecule has 0 unspecified atom stereocenters. The van der Waals surface area contributed by atoms with Gasteiger partial charge in [-0.3, -0.25) is 24.6 Å². The van der Waals surface area contributed by atoms with Crippen LogP contribution in [0.5, 0.6) is 0 Å². The third-order valence-corrected chi connectivity index (χ3v) is 26.9. The van der Waals surface area contributed by atoms with Gasteiger partial charge < -0.3 is 52.9 Å². The lowest BCUT2D eigenvalue weighted by Gasteiger charge is -2.26. The molecule has 0 amide bonds. The second-order valence-electron chi connectivity index (χ2n) is 36.2. The Balaban J connectivity index is 0.000000115. The summed E-state index contributed by atoms with van der Waals surface area (Å²) >= 11 is 1.79. The lowest BCUT2D eigenvalue weighted by atomic mass is 10.0. The molecule has 1 saturated heterocycles. The molecule has 4 aromatic heterocycles. The van der Waals surface area contributed by atoms with Crippen molar-refractivity contribution < 1.29 is 0 Å². The summed E-state index contributed by atoms with van der Waals surface area (Å²) < 4.78 is 6.85. The molecule has 0 N–H and O–H groups in total. The predicted octanol–water partition coefficient (Wildman–Crippen LogP) is 16.2. The fourth-order valence-corrected chi connectivity index (χ4v) is 19.3. The maximum absolute atomic E-state index is 4.32. The molecule has 1 fully saturated rings. The van der Waals surface area contributed by atoms with Crippen molar-refractivity contribution in [2.45, 2.75) is 149 Å². The molecule has 13 aliphatic heterocycles. The molecule has 122 heavy (non-hydrogen) atoms. The number of likely N-dealkylation sites (tertiary alicyclic amines) is 1. The Morgan fingerprint density at radius 2 is 0.820 bits per heavy atom. The second-order valence-corrected chi connectivity index (χ2v) is 37.1. The Bertz CT molecular complexity index is 4610. The van der Waals surface area contributed by atoms with E-state index in [2.05, 4.69) is 342 Å². The Morgan fingerprint density at radius 1 is 0.320 bits per heavy atom. The van der Waals surface area contributed by atoms with Crippen LogP contribution in [0.1, 0.15) is 119 Å². The molecule has 652 valence electrons. The summed E-state index contributed by atoms with van der Waals surface area (Å²) in [5.74, 6) is 1.19. The molecule has 17 heterocycles. The van der Waals surface area contributed by atoms with Gasteiger partial charge in [-0.05, 0) is 244 Å². The van der Waals surface area contributed by atoms with Crippen LogP contribution >= 0.6 is 11.3 Å². The van der Waals surface area contributed by atoms with E-state index < -0.39 is 0 Å². The number of rotatable bonds is 0. The monoisotopic (exact) mass is 1670 g/mol. The minimum atomic E-state index is 0.993. The maximum Gasteiger partial charge on any atom is 0.122 e. The molecule has 0 saturated carbocycles. The van der Waals surface area contributed by atoms with E-state index in [0.29, 0.717) is 0 Å². The molecule has 0 bridgehead atoms. The highest BCUT2D eigenvalue weighted by Crippen LogP contribution is 2.32. The molecule has 4 aromatic carbocycles. The van der Waals surface area contributed by atoms with E-state index in [4.69, 9.17) is 0 Å². The van der Waals surface area contributed by atoms with Gasteiger partial charge in [0.1, 0.15) is 5.82 Å². The number of imidazole rings is 1. The number of benzene rings is 4. The highest BCUT2D eigenvalue weighted by atomic mass is 32.1. The van der Waals surface area contributed by atoms with Crippen LogP contribution in [0.25, 0.3) is 0 Å². The summed E-state index contributed by atoms with van der Waals surface area (Å²) in [6, 6.07) is 43.2. The van der Waals surface area contributed by atoms with Gasteiger partial charge in [0.05, 0.1) is 17.7 Å². The lowest BCUT2D eigenvalue weighted by Crippen LogP contribution is -2.30. The zero-order chi connectivity index (χ0) is 85.1.